The Labute approximate surface area is 126 Å². The van der Waals surface area contributed by atoms with Crippen molar-refractivity contribution in [2.24, 2.45) is 17.6 Å². The molecule has 1 saturated carbocycles. The summed E-state index contributed by atoms with van der Waals surface area (Å²) >= 11 is 0. The lowest BCUT2D eigenvalue weighted by Crippen LogP contribution is -2.28. The van der Waals surface area contributed by atoms with Crippen molar-refractivity contribution in [1.82, 2.24) is 4.98 Å². The molecule has 3 N–H and O–H groups in total. The van der Waals surface area contributed by atoms with Crippen molar-refractivity contribution in [3.8, 4) is 5.75 Å². The Morgan fingerprint density at radius 1 is 1.33 bits per heavy atom. The van der Waals surface area contributed by atoms with Gasteiger partial charge in [0.1, 0.15) is 5.75 Å². The fourth-order valence-electron chi connectivity index (χ4n) is 4.03. The lowest BCUT2D eigenvalue weighted by atomic mass is 9.71. The van der Waals surface area contributed by atoms with Gasteiger partial charge in [-0.25, -0.2) is 0 Å². The predicted molar refractivity (Wildman–Crippen MR) is 87.8 cm³/mol. The molecule has 0 bridgehead atoms. The van der Waals surface area contributed by atoms with Crippen LogP contribution in [0.4, 0.5) is 0 Å². The molecule has 3 heteroatoms. The summed E-state index contributed by atoms with van der Waals surface area (Å²) in [7, 11) is 1.72. The van der Waals surface area contributed by atoms with Crippen LogP contribution in [0.2, 0.25) is 0 Å². The average Bonchev–Trinajstić information content (AvgIpc) is 2.93. The van der Waals surface area contributed by atoms with Gasteiger partial charge >= 0.3 is 0 Å². The maximum absolute atomic E-state index is 6.17. The van der Waals surface area contributed by atoms with Crippen LogP contribution in [0.15, 0.2) is 24.4 Å². The summed E-state index contributed by atoms with van der Waals surface area (Å²) in [6.07, 6.45) is 7.52. The first-order valence-electron chi connectivity index (χ1n) is 8.09. The molecule has 1 aliphatic carbocycles. The lowest BCUT2D eigenvalue weighted by molar-refractivity contribution is 0.219. The van der Waals surface area contributed by atoms with Gasteiger partial charge in [-0.2, -0.15) is 0 Å². The zero-order valence-electron chi connectivity index (χ0n) is 13.1. The van der Waals surface area contributed by atoms with Crippen molar-refractivity contribution in [2.75, 3.05) is 13.7 Å². The summed E-state index contributed by atoms with van der Waals surface area (Å²) in [5, 5.41) is 1.27. The summed E-state index contributed by atoms with van der Waals surface area (Å²) < 4.78 is 5.38. The Morgan fingerprint density at radius 2 is 2.14 bits per heavy atom. The van der Waals surface area contributed by atoms with E-state index in [4.69, 9.17) is 10.5 Å². The van der Waals surface area contributed by atoms with E-state index >= 15 is 0 Å². The molecule has 2 aromatic rings. The van der Waals surface area contributed by atoms with Crippen LogP contribution in [0.1, 0.15) is 44.1 Å². The molecule has 3 nitrogen and oxygen atoms in total. The molecule has 0 spiro atoms. The third-order valence-corrected chi connectivity index (χ3v) is 5.27. The van der Waals surface area contributed by atoms with Crippen LogP contribution in [0, 0.1) is 11.8 Å². The van der Waals surface area contributed by atoms with Gasteiger partial charge in [0.15, 0.2) is 0 Å². The zero-order valence-corrected chi connectivity index (χ0v) is 13.1. The predicted octanol–water partition coefficient (Wildman–Crippen LogP) is 4.05. The quantitative estimate of drug-likeness (QED) is 0.891. The normalized spacial score (nSPS) is 24.1. The van der Waals surface area contributed by atoms with Gasteiger partial charge in [0.25, 0.3) is 0 Å². The fourth-order valence-corrected chi connectivity index (χ4v) is 4.03. The van der Waals surface area contributed by atoms with E-state index in [2.05, 4.69) is 30.2 Å². The topological polar surface area (TPSA) is 51.0 Å². The molecule has 1 heterocycles. The molecule has 3 atom stereocenters. The van der Waals surface area contributed by atoms with E-state index in [1.807, 2.05) is 6.07 Å². The highest BCUT2D eigenvalue weighted by Crippen LogP contribution is 2.41. The second-order valence-corrected chi connectivity index (χ2v) is 6.42. The summed E-state index contributed by atoms with van der Waals surface area (Å²) in [5.41, 5.74) is 8.71. The minimum absolute atomic E-state index is 0.446. The molecule has 21 heavy (non-hydrogen) atoms. The summed E-state index contributed by atoms with van der Waals surface area (Å²) in [5.74, 6) is 2.83. The molecular weight excluding hydrogens is 260 g/mol. The number of nitrogens with one attached hydrogen (secondary N) is 1. The molecule has 3 unspecified atom stereocenters. The third kappa shape index (κ3) is 2.67. The van der Waals surface area contributed by atoms with E-state index in [1.54, 1.807) is 7.11 Å². The van der Waals surface area contributed by atoms with Crippen LogP contribution in [-0.2, 0) is 0 Å². The minimum Gasteiger partial charge on any atom is -0.497 e. The third-order valence-electron chi connectivity index (χ3n) is 5.27. The molecule has 0 saturated heterocycles. The number of methoxy groups -OCH3 is 1. The largest absolute Gasteiger partial charge is 0.497 e. The molecule has 1 aliphatic rings. The summed E-state index contributed by atoms with van der Waals surface area (Å²) in [6.45, 7) is 3.11. The number of benzene rings is 1. The number of nitrogens with two attached hydrogens (primary N) is 1. The second kappa shape index (κ2) is 6.10. The van der Waals surface area contributed by atoms with Crippen molar-refractivity contribution in [2.45, 2.75) is 38.5 Å². The number of hydrogen-bond acceptors (Lipinski definition) is 2. The number of fused-ring (bicyclic) bond motifs is 1. The Balaban J connectivity index is 2.00. The first-order valence-corrected chi connectivity index (χ1v) is 8.09. The van der Waals surface area contributed by atoms with Gasteiger partial charge in [-0.15, -0.1) is 0 Å². The minimum atomic E-state index is 0.446. The molecule has 0 aliphatic heterocycles. The molecule has 3 rings (SSSR count). The average molecular weight is 286 g/mol. The van der Waals surface area contributed by atoms with Crippen LogP contribution < -0.4 is 10.5 Å². The standard InChI is InChI=1S/C18H26N2O/c1-12-5-3-4-6-14(12)16(10-19)17-11-20-18-8-7-13(21-2)9-15(17)18/h7-9,11-12,14,16,20H,3-6,10,19H2,1-2H3. The first kappa shape index (κ1) is 14.5. The smallest absolute Gasteiger partial charge is 0.119 e. The van der Waals surface area contributed by atoms with Gasteiger partial charge in [-0.1, -0.05) is 26.2 Å². The van der Waals surface area contributed by atoms with Crippen molar-refractivity contribution in [1.29, 1.82) is 0 Å². The molecule has 1 aromatic heterocycles. The highest BCUT2D eigenvalue weighted by atomic mass is 16.5. The Morgan fingerprint density at radius 3 is 2.86 bits per heavy atom. The van der Waals surface area contributed by atoms with E-state index in [0.717, 1.165) is 18.2 Å². The van der Waals surface area contributed by atoms with Crippen LogP contribution in [0.3, 0.4) is 0 Å². The fraction of sp³-hybridized carbons (Fsp3) is 0.556. The number of H-pyrrole nitrogens is 1. The number of ether oxygens (including phenoxy) is 1. The SMILES string of the molecule is COc1ccc2[nH]cc(C(CN)C3CCCCC3C)c2c1. The second-order valence-electron chi connectivity index (χ2n) is 6.42. The van der Waals surface area contributed by atoms with Gasteiger partial charge in [0.05, 0.1) is 7.11 Å². The van der Waals surface area contributed by atoms with E-state index in [0.29, 0.717) is 11.8 Å². The molecule has 1 aromatic carbocycles. The van der Waals surface area contributed by atoms with E-state index in [9.17, 15) is 0 Å². The summed E-state index contributed by atoms with van der Waals surface area (Å²) in [6, 6.07) is 6.23. The number of aromatic amines is 1. The molecule has 0 amide bonds. The van der Waals surface area contributed by atoms with Crippen LogP contribution >= 0.6 is 0 Å². The highest BCUT2D eigenvalue weighted by Gasteiger charge is 2.30. The van der Waals surface area contributed by atoms with Crippen molar-refractivity contribution in [3.05, 3.63) is 30.0 Å². The number of rotatable bonds is 4. The van der Waals surface area contributed by atoms with E-state index in [-0.39, 0.29) is 0 Å². The van der Waals surface area contributed by atoms with E-state index < -0.39 is 0 Å². The van der Waals surface area contributed by atoms with Gasteiger partial charge in [0, 0.05) is 23.0 Å². The Hall–Kier alpha value is -1.48. The number of hydrogen-bond donors (Lipinski definition) is 2. The highest BCUT2D eigenvalue weighted by molar-refractivity contribution is 5.85. The molecule has 0 radical (unpaired) electrons. The molecular formula is C18H26N2O. The Bertz CT molecular complexity index is 604. The molecule has 114 valence electrons. The monoisotopic (exact) mass is 286 g/mol. The van der Waals surface area contributed by atoms with Crippen molar-refractivity contribution in [3.63, 3.8) is 0 Å². The zero-order chi connectivity index (χ0) is 14.8. The maximum atomic E-state index is 6.17. The number of aromatic nitrogens is 1. The van der Waals surface area contributed by atoms with Crippen molar-refractivity contribution < 1.29 is 4.74 Å². The van der Waals surface area contributed by atoms with Gasteiger partial charge < -0.3 is 15.5 Å². The van der Waals surface area contributed by atoms with Gasteiger partial charge in [-0.05, 0) is 48.6 Å². The molecule has 1 fully saturated rings. The van der Waals surface area contributed by atoms with Crippen LogP contribution in [0.5, 0.6) is 5.75 Å². The van der Waals surface area contributed by atoms with Gasteiger partial charge in [-0.3, -0.25) is 0 Å². The van der Waals surface area contributed by atoms with Crippen molar-refractivity contribution >= 4 is 10.9 Å². The van der Waals surface area contributed by atoms with E-state index in [1.165, 1.54) is 42.1 Å². The maximum Gasteiger partial charge on any atom is 0.119 e. The van der Waals surface area contributed by atoms with Gasteiger partial charge in [0.2, 0.25) is 0 Å². The first-order chi connectivity index (χ1) is 10.2. The lowest BCUT2D eigenvalue weighted by Gasteiger charge is -2.35. The van der Waals surface area contributed by atoms with Crippen LogP contribution in [0.25, 0.3) is 10.9 Å². The van der Waals surface area contributed by atoms with Crippen LogP contribution in [-0.4, -0.2) is 18.6 Å². The Kier molecular flexibility index (Phi) is 4.20. The summed E-state index contributed by atoms with van der Waals surface area (Å²) in [4.78, 5) is 3.40.